The molecule has 1 aromatic carbocycles. The summed E-state index contributed by atoms with van der Waals surface area (Å²) >= 11 is 0. The zero-order valence-electron chi connectivity index (χ0n) is 15.3. The highest BCUT2D eigenvalue weighted by atomic mass is 16.5. The molecule has 0 fully saturated rings. The quantitative estimate of drug-likeness (QED) is 0.678. The van der Waals surface area contributed by atoms with Crippen LogP contribution in [0.15, 0.2) is 53.7 Å². The molecule has 8 nitrogen and oxygen atoms in total. The van der Waals surface area contributed by atoms with Gasteiger partial charge in [-0.05, 0) is 18.2 Å². The second-order valence-electron chi connectivity index (χ2n) is 6.01. The summed E-state index contributed by atoms with van der Waals surface area (Å²) in [5.74, 6) is -0.172. The minimum Gasteiger partial charge on any atom is -0.383 e. The molecule has 0 saturated carbocycles. The van der Waals surface area contributed by atoms with Crippen molar-refractivity contribution >= 4 is 5.91 Å². The summed E-state index contributed by atoms with van der Waals surface area (Å²) in [4.78, 5) is 27.9. The van der Waals surface area contributed by atoms with Crippen molar-refractivity contribution in [1.82, 2.24) is 24.6 Å². The van der Waals surface area contributed by atoms with E-state index in [1.165, 1.54) is 10.7 Å². The number of carbonyl (C=O) groups is 1. The lowest BCUT2D eigenvalue weighted by Gasteiger charge is -2.09. The Hall–Kier alpha value is -3.26. The molecule has 0 atom stereocenters. The van der Waals surface area contributed by atoms with Crippen molar-refractivity contribution in [3.8, 4) is 11.3 Å². The van der Waals surface area contributed by atoms with Gasteiger partial charge in [0.1, 0.15) is 0 Å². The standard InChI is InChI=1S/C19H21N5O3/c1-23-18(25)8-7-17(22-23)14-3-5-15(6-4-14)19(26)21-12-16-11-20-13-24(16)9-10-27-2/h3-8,11,13H,9-10,12H2,1-2H3,(H,21,26). The average Bonchev–Trinajstić information content (AvgIpc) is 3.14. The Morgan fingerprint density at radius 3 is 2.67 bits per heavy atom. The molecule has 140 valence electrons. The number of nitrogens with zero attached hydrogens (tertiary/aromatic N) is 4. The third-order valence-corrected chi connectivity index (χ3v) is 4.17. The number of aryl methyl sites for hydroxylation is 1. The monoisotopic (exact) mass is 367 g/mol. The summed E-state index contributed by atoms with van der Waals surface area (Å²) in [5, 5.41) is 7.10. The number of nitrogens with one attached hydrogen (secondary N) is 1. The molecule has 0 unspecified atom stereocenters. The maximum absolute atomic E-state index is 12.4. The molecule has 1 N–H and O–H groups in total. The summed E-state index contributed by atoms with van der Waals surface area (Å²) in [5.41, 5.74) is 2.79. The van der Waals surface area contributed by atoms with Crippen molar-refractivity contribution in [3.05, 3.63) is 70.5 Å². The van der Waals surface area contributed by atoms with E-state index in [4.69, 9.17) is 4.74 Å². The highest BCUT2D eigenvalue weighted by molar-refractivity contribution is 5.94. The van der Waals surface area contributed by atoms with Gasteiger partial charge < -0.3 is 14.6 Å². The van der Waals surface area contributed by atoms with Crippen LogP contribution in [0.5, 0.6) is 0 Å². The number of hydrogen-bond acceptors (Lipinski definition) is 5. The minimum atomic E-state index is -0.172. The van der Waals surface area contributed by atoms with Crippen LogP contribution in [0.25, 0.3) is 11.3 Å². The molecule has 27 heavy (non-hydrogen) atoms. The van der Waals surface area contributed by atoms with E-state index >= 15 is 0 Å². The molecule has 2 aromatic heterocycles. The van der Waals surface area contributed by atoms with Crippen LogP contribution < -0.4 is 10.9 Å². The number of benzene rings is 1. The van der Waals surface area contributed by atoms with Crippen LogP contribution in [-0.4, -0.2) is 39.0 Å². The van der Waals surface area contributed by atoms with Crippen molar-refractivity contribution in [2.75, 3.05) is 13.7 Å². The predicted molar refractivity (Wildman–Crippen MR) is 100 cm³/mol. The highest BCUT2D eigenvalue weighted by Gasteiger charge is 2.09. The van der Waals surface area contributed by atoms with Crippen molar-refractivity contribution in [1.29, 1.82) is 0 Å². The number of rotatable bonds is 7. The van der Waals surface area contributed by atoms with Crippen LogP contribution in [0, 0.1) is 0 Å². The molecule has 0 aliphatic heterocycles. The number of aromatic nitrogens is 4. The minimum absolute atomic E-state index is 0.167. The van der Waals surface area contributed by atoms with Crippen molar-refractivity contribution in [2.45, 2.75) is 13.1 Å². The molecule has 0 aliphatic carbocycles. The first-order valence-corrected chi connectivity index (χ1v) is 8.49. The third kappa shape index (κ3) is 4.48. The fourth-order valence-corrected chi connectivity index (χ4v) is 2.61. The number of imidazole rings is 1. The molecule has 1 amide bonds. The highest BCUT2D eigenvalue weighted by Crippen LogP contribution is 2.16. The van der Waals surface area contributed by atoms with Crippen LogP contribution in [0.1, 0.15) is 16.1 Å². The van der Waals surface area contributed by atoms with Gasteiger partial charge in [-0.1, -0.05) is 12.1 Å². The van der Waals surface area contributed by atoms with Gasteiger partial charge in [0.15, 0.2) is 0 Å². The molecule has 0 bridgehead atoms. The lowest BCUT2D eigenvalue weighted by atomic mass is 10.1. The zero-order valence-corrected chi connectivity index (χ0v) is 15.3. The maximum Gasteiger partial charge on any atom is 0.266 e. The zero-order chi connectivity index (χ0) is 19.2. The fraction of sp³-hybridized carbons (Fsp3) is 0.263. The lowest BCUT2D eigenvalue weighted by molar-refractivity contribution is 0.0950. The van der Waals surface area contributed by atoms with Gasteiger partial charge in [0, 0.05) is 44.1 Å². The van der Waals surface area contributed by atoms with Gasteiger partial charge >= 0.3 is 0 Å². The number of ether oxygens (including phenoxy) is 1. The first-order chi connectivity index (χ1) is 13.1. The van der Waals surface area contributed by atoms with Gasteiger partial charge in [0.05, 0.1) is 30.9 Å². The molecule has 0 radical (unpaired) electrons. The van der Waals surface area contributed by atoms with Crippen molar-refractivity contribution < 1.29 is 9.53 Å². The van der Waals surface area contributed by atoms with Crippen LogP contribution >= 0.6 is 0 Å². The van der Waals surface area contributed by atoms with Gasteiger partial charge in [-0.25, -0.2) is 9.67 Å². The number of methoxy groups -OCH3 is 1. The largest absolute Gasteiger partial charge is 0.383 e. The summed E-state index contributed by atoms with van der Waals surface area (Å²) in [6, 6.07) is 10.2. The summed E-state index contributed by atoms with van der Waals surface area (Å²) in [7, 11) is 3.25. The molecular weight excluding hydrogens is 346 g/mol. The van der Waals surface area contributed by atoms with E-state index in [0.717, 1.165) is 11.3 Å². The number of amides is 1. The molecule has 0 spiro atoms. The Morgan fingerprint density at radius 1 is 1.19 bits per heavy atom. The molecule has 3 aromatic rings. The molecule has 0 aliphatic rings. The first kappa shape index (κ1) is 18.5. The molecular formula is C19H21N5O3. The summed E-state index contributed by atoms with van der Waals surface area (Å²) in [6.07, 6.45) is 3.44. The van der Waals surface area contributed by atoms with Crippen LogP contribution in [0.3, 0.4) is 0 Å². The Kier molecular flexibility index (Phi) is 5.77. The topological polar surface area (TPSA) is 91.0 Å². The SMILES string of the molecule is COCCn1cncc1CNC(=O)c1ccc(-c2ccc(=O)n(C)n2)cc1. The molecule has 0 saturated heterocycles. The van der Waals surface area contributed by atoms with E-state index in [2.05, 4.69) is 15.4 Å². The normalized spacial score (nSPS) is 10.7. The van der Waals surface area contributed by atoms with Gasteiger partial charge in [-0.2, -0.15) is 5.10 Å². The summed E-state index contributed by atoms with van der Waals surface area (Å²) < 4.78 is 8.29. The third-order valence-electron chi connectivity index (χ3n) is 4.17. The van der Waals surface area contributed by atoms with Gasteiger partial charge in [0.2, 0.25) is 0 Å². The van der Waals surface area contributed by atoms with E-state index in [9.17, 15) is 9.59 Å². The van der Waals surface area contributed by atoms with Crippen LogP contribution in [-0.2, 0) is 24.9 Å². The lowest BCUT2D eigenvalue weighted by Crippen LogP contribution is -2.24. The fourth-order valence-electron chi connectivity index (χ4n) is 2.61. The van der Waals surface area contributed by atoms with Crippen LogP contribution in [0.4, 0.5) is 0 Å². The maximum atomic E-state index is 12.4. The first-order valence-electron chi connectivity index (χ1n) is 8.49. The van der Waals surface area contributed by atoms with Crippen LogP contribution in [0.2, 0.25) is 0 Å². The second kappa shape index (κ2) is 8.41. The average molecular weight is 367 g/mol. The molecule has 2 heterocycles. The Labute approximate surface area is 156 Å². The van der Waals surface area contributed by atoms with Gasteiger partial charge in [0.25, 0.3) is 11.5 Å². The second-order valence-corrected chi connectivity index (χ2v) is 6.01. The van der Waals surface area contributed by atoms with E-state index in [0.29, 0.717) is 31.0 Å². The number of hydrogen-bond donors (Lipinski definition) is 1. The summed E-state index contributed by atoms with van der Waals surface area (Å²) in [6.45, 7) is 1.65. The van der Waals surface area contributed by atoms with E-state index in [-0.39, 0.29) is 11.5 Å². The Morgan fingerprint density at radius 2 is 1.96 bits per heavy atom. The van der Waals surface area contributed by atoms with Gasteiger partial charge in [-0.15, -0.1) is 0 Å². The molecule has 3 rings (SSSR count). The van der Waals surface area contributed by atoms with E-state index in [1.54, 1.807) is 44.9 Å². The van der Waals surface area contributed by atoms with E-state index in [1.807, 2.05) is 16.7 Å². The molecule has 8 heteroatoms. The van der Waals surface area contributed by atoms with Gasteiger partial charge in [-0.3, -0.25) is 9.59 Å². The Bertz CT molecular complexity index is 976. The van der Waals surface area contributed by atoms with Crippen molar-refractivity contribution in [2.24, 2.45) is 7.05 Å². The number of carbonyl (C=O) groups excluding carboxylic acids is 1. The Balaban J connectivity index is 1.65. The van der Waals surface area contributed by atoms with Crippen molar-refractivity contribution in [3.63, 3.8) is 0 Å². The smallest absolute Gasteiger partial charge is 0.266 e. The predicted octanol–water partition coefficient (Wildman–Crippen LogP) is 1.22. The van der Waals surface area contributed by atoms with E-state index < -0.39 is 0 Å².